The van der Waals surface area contributed by atoms with Crippen LogP contribution in [0.5, 0.6) is 11.5 Å². The first-order valence-corrected chi connectivity index (χ1v) is 6.48. The number of nitrogens with zero attached hydrogens (tertiary/aromatic N) is 2. The van der Waals surface area contributed by atoms with Gasteiger partial charge in [-0.1, -0.05) is 11.2 Å². The number of ether oxygens (including phenoxy) is 3. The average Bonchev–Trinajstić information content (AvgIpc) is 2.96. The van der Waals surface area contributed by atoms with Gasteiger partial charge >= 0.3 is 5.97 Å². The molecule has 7 heteroatoms. The van der Waals surface area contributed by atoms with E-state index >= 15 is 0 Å². The van der Waals surface area contributed by atoms with Crippen molar-refractivity contribution in [2.75, 3.05) is 14.2 Å². The van der Waals surface area contributed by atoms with E-state index in [2.05, 4.69) is 14.9 Å². The van der Waals surface area contributed by atoms with E-state index in [-0.39, 0.29) is 6.61 Å². The normalized spacial score (nSPS) is 10.7. The van der Waals surface area contributed by atoms with Gasteiger partial charge in [-0.15, -0.1) is 0 Å². The molecule has 7 nitrogen and oxygen atoms in total. The van der Waals surface area contributed by atoms with Gasteiger partial charge in [0.1, 0.15) is 0 Å². The fraction of sp³-hybridized carbons (Fsp3) is 0.267. The highest BCUT2D eigenvalue weighted by molar-refractivity contribution is 5.87. The Balaban J connectivity index is 2.08. The largest absolute Gasteiger partial charge is 0.493 e. The quantitative estimate of drug-likeness (QED) is 0.597. The van der Waals surface area contributed by atoms with Crippen LogP contribution < -0.4 is 9.47 Å². The number of benzene rings is 1. The molecule has 0 spiro atoms. The van der Waals surface area contributed by atoms with Crippen molar-refractivity contribution in [3.8, 4) is 11.5 Å². The molecule has 1 aromatic heterocycles. The van der Waals surface area contributed by atoms with E-state index in [0.717, 1.165) is 5.56 Å². The van der Waals surface area contributed by atoms with E-state index in [4.69, 9.17) is 14.0 Å². The Morgan fingerprint density at radius 1 is 1.32 bits per heavy atom. The number of carbonyl (C=O) groups is 1. The van der Waals surface area contributed by atoms with Crippen molar-refractivity contribution >= 4 is 12.0 Å². The summed E-state index contributed by atoms with van der Waals surface area (Å²) in [5, 5.41) is 3.68. The van der Waals surface area contributed by atoms with Crippen molar-refractivity contribution in [3.63, 3.8) is 0 Å². The maximum atomic E-state index is 11.1. The number of aryl methyl sites for hydroxylation is 1. The molecule has 116 valence electrons. The molecule has 0 bridgehead atoms. The molecule has 0 radical (unpaired) electrons. The van der Waals surface area contributed by atoms with Crippen molar-refractivity contribution in [1.82, 2.24) is 10.1 Å². The van der Waals surface area contributed by atoms with Gasteiger partial charge in [-0.25, -0.2) is 4.79 Å². The van der Waals surface area contributed by atoms with Crippen molar-refractivity contribution in [2.24, 2.45) is 0 Å². The molecule has 0 aliphatic rings. The first-order valence-electron chi connectivity index (χ1n) is 6.48. The highest BCUT2D eigenvalue weighted by Crippen LogP contribution is 2.29. The zero-order valence-corrected chi connectivity index (χ0v) is 12.5. The highest BCUT2D eigenvalue weighted by Gasteiger charge is 2.08. The molecule has 0 saturated heterocycles. The Hall–Kier alpha value is -2.83. The minimum absolute atomic E-state index is 0.147. The predicted molar refractivity (Wildman–Crippen MR) is 77.4 cm³/mol. The first kappa shape index (κ1) is 15.6. The fourth-order valence-corrected chi connectivity index (χ4v) is 1.68. The number of aromatic nitrogens is 2. The molecule has 1 heterocycles. The molecule has 0 unspecified atom stereocenters. The lowest BCUT2D eigenvalue weighted by molar-refractivity contribution is -0.134. The molecule has 0 fully saturated rings. The molecule has 0 aliphatic carbocycles. The summed E-state index contributed by atoms with van der Waals surface area (Å²) in [5.74, 6) is 1.57. The van der Waals surface area contributed by atoms with Gasteiger partial charge in [-0.3, -0.25) is 0 Å². The van der Waals surface area contributed by atoms with E-state index in [1.165, 1.54) is 20.3 Å². The lowest BCUT2D eigenvalue weighted by Crippen LogP contribution is -1.98. The Kier molecular flexibility index (Phi) is 5.13. The minimum atomic E-state index is -0.425. The van der Waals surface area contributed by atoms with Gasteiger partial charge in [-0.2, -0.15) is 4.98 Å². The maximum Gasteiger partial charge on any atom is 0.330 e. The molecular weight excluding hydrogens is 288 g/mol. The van der Waals surface area contributed by atoms with Gasteiger partial charge in [0.2, 0.25) is 0 Å². The summed E-state index contributed by atoms with van der Waals surface area (Å²) < 4.78 is 20.4. The van der Waals surface area contributed by atoms with Gasteiger partial charge in [0, 0.05) is 6.08 Å². The van der Waals surface area contributed by atoms with Gasteiger partial charge < -0.3 is 18.7 Å². The second kappa shape index (κ2) is 7.26. The van der Waals surface area contributed by atoms with Crippen molar-refractivity contribution in [2.45, 2.75) is 13.5 Å². The number of esters is 1. The lowest BCUT2D eigenvalue weighted by atomic mass is 10.2. The van der Waals surface area contributed by atoms with E-state index in [9.17, 15) is 4.79 Å². The number of hydrogen-bond acceptors (Lipinski definition) is 7. The third-order valence-corrected chi connectivity index (χ3v) is 2.72. The predicted octanol–water partition coefficient (Wildman–Crippen LogP) is 2.15. The molecule has 0 saturated carbocycles. The van der Waals surface area contributed by atoms with E-state index in [1.807, 2.05) is 0 Å². The van der Waals surface area contributed by atoms with E-state index in [1.54, 1.807) is 31.2 Å². The Morgan fingerprint density at radius 3 is 2.77 bits per heavy atom. The molecule has 2 rings (SSSR count). The summed E-state index contributed by atoms with van der Waals surface area (Å²) in [6, 6.07) is 5.27. The monoisotopic (exact) mass is 304 g/mol. The van der Waals surface area contributed by atoms with Crippen LogP contribution in [-0.2, 0) is 16.1 Å². The highest BCUT2D eigenvalue weighted by atomic mass is 16.5. The second-order valence-corrected chi connectivity index (χ2v) is 4.29. The van der Waals surface area contributed by atoms with Gasteiger partial charge in [-0.05, 0) is 30.7 Å². The molecule has 0 aliphatic heterocycles. The molecule has 0 N–H and O–H groups in total. The zero-order chi connectivity index (χ0) is 15.9. The summed E-state index contributed by atoms with van der Waals surface area (Å²) in [4.78, 5) is 15.1. The molecule has 0 amide bonds. The summed E-state index contributed by atoms with van der Waals surface area (Å²) in [6.45, 7) is 1.88. The second-order valence-electron chi connectivity index (χ2n) is 4.29. The number of hydrogen-bond donors (Lipinski definition) is 0. The summed E-state index contributed by atoms with van der Waals surface area (Å²) >= 11 is 0. The number of rotatable bonds is 6. The van der Waals surface area contributed by atoms with Gasteiger partial charge in [0.15, 0.2) is 23.9 Å². The fourth-order valence-electron chi connectivity index (χ4n) is 1.68. The van der Waals surface area contributed by atoms with E-state index in [0.29, 0.717) is 23.2 Å². The van der Waals surface area contributed by atoms with Gasteiger partial charge in [0.25, 0.3) is 5.89 Å². The Bertz CT molecular complexity index is 678. The summed E-state index contributed by atoms with van der Waals surface area (Å²) in [7, 11) is 2.86. The van der Waals surface area contributed by atoms with Crippen LogP contribution in [0.25, 0.3) is 6.08 Å². The Morgan fingerprint density at radius 2 is 2.14 bits per heavy atom. The molecule has 1 aromatic carbocycles. The smallest absolute Gasteiger partial charge is 0.330 e. The van der Waals surface area contributed by atoms with Crippen LogP contribution in [0.4, 0.5) is 0 Å². The van der Waals surface area contributed by atoms with Crippen LogP contribution in [0.15, 0.2) is 28.8 Å². The van der Waals surface area contributed by atoms with Crippen molar-refractivity contribution in [3.05, 3.63) is 41.6 Å². The SMILES string of the molecule is COC(=O)/C=C\c1ccc(OCc2nc(C)no2)c(OC)c1. The number of carbonyl (C=O) groups excluding carboxylic acids is 1. The van der Waals surface area contributed by atoms with Crippen LogP contribution in [-0.4, -0.2) is 30.3 Å². The maximum absolute atomic E-state index is 11.1. The third kappa shape index (κ3) is 4.08. The van der Waals surface area contributed by atoms with Crippen LogP contribution in [0.1, 0.15) is 17.3 Å². The summed E-state index contributed by atoms with van der Waals surface area (Å²) in [5.41, 5.74) is 0.781. The van der Waals surface area contributed by atoms with Crippen LogP contribution >= 0.6 is 0 Å². The van der Waals surface area contributed by atoms with Crippen molar-refractivity contribution < 1.29 is 23.5 Å². The molecule has 22 heavy (non-hydrogen) atoms. The average molecular weight is 304 g/mol. The zero-order valence-electron chi connectivity index (χ0n) is 12.5. The van der Waals surface area contributed by atoms with Crippen LogP contribution in [0, 0.1) is 6.92 Å². The first-order chi connectivity index (χ1) is 10.6. The summed E-state index contributed by atoms with van der Waals surface area (Å²) in [6.07, 6.45) is 2.95. The topological polar surface area (TPSA) is 83.7 Å². The molecule has 0 atom stereocenters. The molecular formula is C15H16N2O5. The van der Waals surface area contributed by atoms with Gasteiger partial charge in [0.05, 0.1) is 14.2 Å². The van der Waals surface area contributed by atoms with Crippen LogP contribution in [0.3, 0.4) is 0 Å². The lowest BCUT2D eigenvalue weighted by Gasteiger charge is -2.09. The molecule has 2 aromatic rings. The standard InChI is InChI=1S/C15H16N2O5/c1-10-16-14(22-17-10)9-21-12-6-4-11(8-13(12)19-2)5-7-15(18)20-3/h4-8H,9H2,1-3H3/b7-5-. The third-order valence-electron chi connectivity index (χ3n) is 2.72. The number of methoxy groups -OCH3 is 2. The Labute approximate surface area is 127 Å². The van der Waals surface area contributed by atoms with E-state index < -0.39 is 5.97 Å². The van der Waals surface area contributed by atoms with Crippen molar-refractivity contribution in [1.29, 1.82) is 0 Å². The van der Waals surface area contributed by atoms with Crippen LogP contribution in [0.2, 0.25) is 0 Å². The minimum Gasteiger partial charge on any atom is -0.493 e.